The molecule has 0 N–H and O–H groups in total. The van der Waals surface area contributed by atoms with Crippen LogP contribution in [0.2, 0.25) is 0 Å². The highest BCUT2D eigenvalue weighted by molar-refractivity contribution is 5.79. The third-order valence-electron chi connectivity index (χ3n) is 3.54. The minimum Gasteiger partial charge on any atom is -0.497 e. The van der Waals surface area contributed by atoms with Crippen LogP contribution in [-0.2, 0) is 11.2 Å². The van der Waals surface area contributed by atoms with Crippen molar-refractivity contribution in [3.05, 3.63) is 23.8 Å². The van der Waals surface area contributed by atoms with Crippen LogP contribution in [0.3, 0.4) is 0 Å². The summed E-state index contributed by atoms with van der Waals surface area (Å²) < 4.78 is 10.5. The Morgan fingerprint density at radius 1 is 1.16 bits per heavy atom. The summed E-state index contributed by atoms with van der Waals surface area (Å²) in [6.45, 7) is 1.76. The van der Waals surface area contributed by atoms with Crippen molar-refractivity contribution in [2.24, 2.45) is 0 Å². The molecule has 1 aromatic carbocycles. The van der Waals surface area contributed by atoms with Crippen molar-refractivity contribution in [2.75, 3.05) is 27.3 Å². The van der Waals surface area contributed by atoms with E-state index >= 15 is 0 Å². The van der Waals surface area contributed by atoms with Gasteiger partial charge in [0.1, 0.15) is 11.5 Å². The lowest BCUT2D eigenvalue weighted by Gasteiger charge is -2.27. The van der Waals surface area contributed by atoms with E-state index in [2.05, 4.69) is 0 Å². The predicted octanol–water partition coefficient (Wildman–Crippen LogP) is 2.26. The smallest absolute Gasteiger partial charge is 0.227 e. The highest BCUT2D eigenvalue weighted by Crippen LogP contribution is 2.25. The molecule has 0 unspecified atom stereocenters. The molecule has 1 fully saturated rings. The monoisotopic (exact) mass is 263 g/mol. The first-order valence-electron chi connectivity index (χ1n) is 6.73. The quantitative estimate of drug-likeness (QED) is 0.836. The lowest BCUT2D eigenvalue weighted by atomic mass is 10.1. The lowest BCUT2D eigenvalue weighted by molar-refractivity contribution is -0.131. The molecule has 1 aromatic rings. The Balaban J connectivity index is 2.10. The van der Waals surface area contributed by atoms with E-state index in [1.54, 1.807) is 14.2 Å². The van der Waals surface area contributed by atoms with Gasteiger partial charge in [-0.3, -0.25) is 4.79 Å². The Morgan fingerprint density at radius 3 is 2.53 bits per heavy atom. The molecule has 0 atom stereocenters. The highest BCUT2D eigenvalue weighted by Gasteiger charge is 2.18. The number of carbonyl (C=O) groups excluding carboxylic acids is 1. The number of nitrogens with zero attached hydrogens (tertiary/aromatic N) is 1. The van der Waals surface area contributed by atoms with E-state index in [1.807, 2.05) is 23.1 Å². The molecule has 0 aromatic heterocycles. The Bertz CT molecular complexity index is 439. The number of ether oxygens (including phenoxy) is 2. The van der Waals surface area contributed by atoms with E-state index in [0.717, 1.165) is 43.0 Å². The fourth-order valence-electron chi connectivity index (χ4n) is 2.44. The van der Waals surface area contributed by atoms with E-state index in [4.69, 9.17) is 9.47 Å². The number of hydrogen-bond donors (Lipinski definition) is 0. The number of rotatable bonds is 4. The first-order valence-corrected chi connectivity index (χ1v) is 6.73. The van der Waals surface area contributed by atoms with Gasteiger partial charge in [-0.15, -0.1) is 0 Å². The minimum atomic E-state index is 0.172. The van der Waals surface area contributed by atoms with Crippen LogP contribution < -0.4 is 9.47 Å². The van der Waals surface area contributed by atoms with Crippen LogP contribution in [0.15, 0.2) is 18.2 Å². The standard InChI is InChI=1S/C15H21NO3/c1-18-13-6-7-14(19-2)12(10-13)11-15(17)16-8-4-3-5-9-16/h6-7,10H,3-5,8-9,11H2,1-2H3. The van der Waals surface area contributed by atoms with Crippen molar-refractivity contribution < 1.29 is 14.3 Å². The van der Waals surface area contributed by atoms with Crippen molar-refractivity contribution in [1.82, 2.24) is 4.90 Å². The van der Waals surface area contributed by atoms with Crippen LogP contribution in [0.4, 0.5) is 0 Å². The Labute approximate surface area is 114 Å². The van der Waals surface area contributed by atoms with Crippen LogP contribution in [0.25, 0.3) is 0 Å². The number of amides is 1. The number of carbonyl (C=O) groups is 1. The molecular weight excluding hydrogens is 242 g/mol. The molecule has 0 aliphatic carbocycles. The van der Waals surface area contributed by atoms with Crippen LogP contribution in [0.1, 0.15) is 24.8 Å². The Kier molecular flexibility index (Phi) is 4.66. The molecule has 0 radical (unpaired) electrons. The van der Waals surface area contributed by atoms with E-state index in [-0.39, 0.29) is 5.91 Å². The van der Waals surface area contributed by atoms with Crippen molar-refractivity contribution >= 4 is 5.91 Å². The topological polar surface area (TPSA) is 38.8 Å². The maximum atomic E-state index is 12.3. The Morgan fingerprint density at radius 2 is 1.89 bits per heavy atom. The van der Waals surface area contributed by atoms with Crippen molar-refractivity contribution in [3.63, 3.8) is 0 Å². The zero-order valence-electron chi connectivity index (χ0n) is 11.6. The first kappa shape index (κ1) is 13.7. The molecular formula is C15H21NO3. The average Bonchev–Trinajstić information content (AvgIpc) is 2.48. The number of hydrogen-bond acceptors (Lipinski definition) is 3. The highest BCUT2D eigenvalue weighted by atomic mass is 16.5. The molecule has 2 rings (SSSR count). The van der Waals surface area contributed by atoms with Crippen molar-refractivity contribution in [3.8, 4) is 11.5 Å². The minimum absolute atomic E-state index is 0.172. The molecule has 1 aliphatic rings. The van der Waals surface area contributed by atoms with Crippen LogP contribution in [0, 0.1) is 0 Å². The second-order valence-electron chi connectivity index (χ2n) is 4.80. The molecule has 1 amide bonds. The predicted molar refractivity (Wildman–Crippen MR) is 73.7 cm³/mol. The third-order valence-corrected chi connectivity index (χ3v) is 3.54. The van der Waals surface area contributed by atoms with Crippen LogP contribution in [0.5, 0.6) is 11.5 Å². The van der Waals surface area contributed by atoms with Gasteiger partial charge in [0, 0.05) is 18.7 Å². The third kappa shape index (κ3) is 3.40. The van der Waals surface area contributed by atoms with E-state index in [0.29, 0.717) is 6.42 Å². The summed E-state index contributed by atoms with van der Waals surface area (Å²) in [6.07, 6.45) is 3.83. The lowest BCUT2D eigenvalue weighted by Crippen LogP contribution is -2.36. The van der Waals surface area contributed by atoms with Gasteiger partial charge in [-0.2, -0.15) is 0 Å². The van der Waals surface area contributed by atoms with Crippen molar-refractivity contribution in [2.45, 2.75) is 25.7 Å². The van der Waals surface area contributed by atoms with Gasteiger partial charge in [-0.05, 0) is 37.5 Å². The molecule has 0 spiro atoms. The van der Waals surface area contributed by atoms with E-state index in [1.165, 1.54) is 6.42 Å². The van der Waals surface area contributed by atoms with Crippen molar-refractivity contribution in [1.29, 1.82) is 0 Å². The normalized spacial score (nSPS) is 15.2. The fourth-order valence-corrected chi connectivity index (χ4v) is 2.44. The summed E-state index contributed by atoms with van der Waals surface area (Å²) in [5, 5.41) is 0. The summed E-state index contributed by atoms with van der Waals surface area (Å²) >= 11 is 0. The van der Waals surface area contributed by atoms with Gasteiger partial charge < -0.3 is 14.4 Å². The Hall–Kier alpha value is -1.71. The molecule has 1 aliphatic heterocycles. The maximum absolute atomic E-state index is 12.3. The second-order valence-corrected chi connectivity index (χ2v) is 4.80. The number of methoxy groups -OCH3 is 2. The molecule has 19 heavy (non-hydrogen) atoms. The summed E-state index contributed by atoms with van der Waals surface area (Å²) in [4.78, 5) is 14.2. The molecule has 1 saturated heterocycles. The van der Waals surface area contributed by atoms with Crippen LogP contribution >= 0.6 is 0 Å². The maximum Gasteiger partial charge on any atom is 0.227 e. The second kappa shape index (κ2) is 6.45. The largest absolute Gasteiger partial charge is 0.497 e. The summed E-state index contributed by atoms with van der Waals surface area (Å²) in [7, 11) is 3.24. The first-order chi connectivity index (χ1) is 9.24. The molecule has 0 saturated carbocycles. The summed E-state index contributed by atoms with van der Waals surface area (Å²) in [5.41, 5.74) is 0.887. The van der Waals surface area contributed by atoms with E-state index in [9.17, 15) is 4.79 Å². The van der Waals surface area contributed by atoms with Gasteiger partial charge >= 0.3 is 0 Å². The average molecular weight is 263 g/mol. The fraction of sp³-hybridized carbons (Fsp3) is 0.533. The van der Waals surface area contributed by atoms with Gasteiger partial charge in [-0.1, -0.05) is 0 Å². The van der Waals surface area contributed by atoms with E-state index < -0.39 is 0 Å². The molecule has 4 heteroatoms. The summed E-state index contributed by atoms with van der Waals surface area (Å²) in [5.74, 6) is 1.67. The summed E-state index contributed by atoms with van der Waals surface area (Å²) in [6, 6.07) is 5.56. The van der Waals surface area contributed by atoms with Gasteiger partial charge in [0.25, 0.3) is 0 Å². The number of likely N-dealkylation sites (tertiary alicyclic amines) is 1. The number of benzene rings is 1. The van der Waals surface area contributed by atoms with Gasteiger partial charge in [0.15, 0.2) is 0 Å². The van der Waals surface area contributed by atoms with Crippen LogP contribution in [-0.4, -0.2) is 38.1 Å². The number of piperidine rings is 1. The van der Waals surface area contributed by atoms with Gasteiger partial charge in [-0.25, -0.2) is 0 Å². The van der Waals surface area contributed by atoms with Gasteiger partial charge in [0.2, 0.25) is 5.91 Å². The zero-order valence-corrected chi connectivity index (χ0v) is 11.6. The molecule has 1 heterocycles. The molecule has 4 nitrogen and oxygen atoms in total. The molecule has 0 bridgehead atoms. The zero-order chi connectivity index (χ0) is 13.7. The van der Waals surface area contributed by atoms with Gasteiger partial charge in [0.05, 0.1) is 20.6 Å². The SMILES string of the molecule is COc1ccc(OC)c(CC(=O)N2CCCCC2)c1. The molecule has 104 valence electrons.